The molecular formula is C33H25N3. The highest BCUT2D eigenvalue weighted by molar-refractivity contribution is 6.19. The van der Waals surface area contributed by atoms with Crippen LogP contribution in [0.4, 0.5) is 0 Å². The summed E-state index contributed by atoms with van der Waals surface area (Å²) in [5.74, 6) is 0.941. The van der Waals surface area contributed by atoms with Crippen molar-refractivity contribution in [1.82, 2.24) is 14.1 Å². The number of hydrogen-bond donors (Lipinski definition) is 0. The molecular weight excluding hydrogens is 438 g/mol. The highest BCUT2D eigenvalue weighted by atomic mass is 15.2. The lowest BCUT2D eigenvalue weighted by atomic mass is 9.82. The minimum Gasteiger partial charge on any atom is -0.313 e. The first-order valence-electron chi connectivity index (χ1n) is 12.6. The summed E-state index contributed by atoms with van der Waals surface area (Å²) < 4.78 is 4.58. The van der Waals surface area contributed by atoms with Crippen molar-refractivity contribution in [2.45, 2.75) is 19.3 Å². The van der Waals surface area contributed by atoms with E-state index in [1.54, 1.807) is 0 Å². The Morgan fingerprint density at radius 1 is 0.639 bits per heavy atom. The molecule has 5 aromatic carbocycles. The van der Waals surface area contributed by atoms with Gasteiger partial charge < -0.3 is 4.57 Å². The summed E-state index contributed by atoms with van der Waals surface area (Å²) >= 11 is 0. The quantitative estimate of drug-likeness (QED) is 0.241. The molecule has 1 aliphatic rings. The van der Waals surface area contributed by atoms with Crippen LogP contribution in [0.3, 0.4) is 0 Å². The number of hydrogen-bond acceptors (Lipinski definition) is 1. The van der Waals surface area contributed by atoms with Gasteiger partial charge in [0.2, 0.25) is 5.95 Å². The molecule has 0 saturated heterocycles. The molecule has 1 aliphatic carbocycles. The molecule has 0 N–H and O–H groups in total. The fourth-order valence-electron chi connectivity index (χ4n) is 6.52. The normalized spacial score (nSPS) is 14.2. The second-order valence-corrected chi connectivity index (χ2v) is 10.6. The molecule has 0 saturated carbocycles. The van der Waals surface area contributed by atoms with Crippen LogP contribution < -0.4 is 0 Å². The zero-order valence-corrected chi connectivity index (χ0v) is 20.6. The predicted molar refractivity (Wildman–Crippen MR) is 150 cm³/mol. The molecule has 0 aliphatic heterocycles. The van der Waals surface area contributed by atoms with E-state index in [1.165, 1.54) is 54.8 Å². The Kier molecular flexibility index (Phi) is 3.67. The van der Waals surface area contributed by atoms with E-state index in [9.17, 15) is 0 Å². The van der Waals surface area contributed by atoms with Crippen molar-refractivity contribution in [1.29, 1.82) is 0 Å². The summed E-state index contributed by atoms with van der Waals surface area (Å²) in [6, 6.07) is 35.4. The van der Waals surface area contributed by atoms with E-state index in [4.69, 9.17) is 4.98 Å². The van der Waals surface area contributed by atoms with Crippen LogP contribution in [0.1, 0.15) is 25.0 Å². The van der Waals surface area contributed by atoms with Crippen molar-refractivity contribution in [3.8, 4) is 17.1 Å². The first kappa shape index (κ1) is 19.9. The first-order valence-corrected chi connectivity index (χ1v) is 12.6. The van der Waals surface area contributed by atoms with E-state index in [0.29, 0.717) is 0 Å². The molecule has 0 atom stereocenters. The summed E-state index contributed by atoms with van der Waals surface area (Å²) in [6.07, 6.45) is 0. The Hall–Kier alpha value is -4.37. The fraction of sp³-hybridized carbons (Fsp3) is 0.121. The minimum atomic E-state index is -0.0147. The topological polar surface area (TPSA) is 22.8 Å². The lowest BCUT2D eigenvalue weighted by molar-refractivity contribution is 0.661. The molecule has 3 heteroatoms. The van der Waals surface area contributed by atoms with E-state index in [2.05, 4.69) is 127 Å². The lowest BCUT2D eigenvalue weighted by Gasteiger charge is -2.21. The number of aromatic nitrogens is 3. The van der Waals surface area contributed by atoms with E-state index < -0.39 is 0 Å². The van der Waals surface area contributed by atoms with Crippen molar-refractivity contribution in [3.05, 3.63) is 108 Å². The van der Waals surface area contributed by atoms with E-state index >= 15 is 0 Å². The van der Waals surface area contributed by atoms with Gasteiger partial charge in [-0.25, -0.2) is 4.98 Å². The van der Waals surface area contributed by atoms with Gasteiger partial charge in [-0.15, -0.1) is 0 Å². The minimum absolute atomic E-state index is 0.0147. The van der Waals surface area contributed by atoms with Gasteiger partial charge >= 0.3 is 0 Å². The van der Waals surface area contributed by atoms with E-state index in [0.717, 1.165) is 17.0 Å². The number of benzene rings is 5. The number of aryl methyl sites for hydroxylation is 1. The molecule has 2 heterocycles. The van der Waals surface area contributed by atoms with Crippen molar-refractivity contribution in [2.24, 2.45) is 7.05 Å². The lowest BCUT2D eigenvalue weighted by Crippen LogP contribution is -2.14. The molecule has 0 fully saturated rings. The Bertz CT molecular complexity index is 2030. The smallest absolute Gasteiger partial charge is 0.215 e. The average Bonchev–Trinajstić information content (AvgIpc) is 3.49. The molecule has 3 nitrogen and oxygen atoms in total. The molecule has 172 valence electrons. The second-order valence-electron chi connectivity index (χ2n) is 10.6. The number of fused-ring (bicyclic) bond motifs is 9. The van der Waals surface area contributed by atoms with Crippen molar-refractivity contribution >= 4 is 43.6 Å². The van der Waals surface area contributed by atoms with Crippen LogP contribution in [0, 0.1) is 0 Å². The molecule has 0 bridgehead atoms. The number of imidazole rings is 1. The molecule has 2 aromatic heterocycles. The summed E-state index contributed by atoms with van der Waals surface area (Å²) in [7, 11) is 2.12. The van der Waals surface area contributed by atoms with Crippen molar-refractivity contribution < 1.29 is 0 Å². The zero-order chi connectivity index (χ0) is 24.2. The van der Waals surface area contributed by atoms with Gasteiger partial charge in [0.25, 0.3) is 0 Å². The number of para-hydroxylation sites is 3. The molecule has 36 heavy (non-hydrogen) atoms. The Labute approximate surface area is 209 Å². The molecule has 0 amide bonds. The Balaban J connectivity index is 1.57. The third-order valence-corrected chi connectivity index (χ3v) is 8.32. The number of nitrogens with zero attached hydrogens (tertiary/aromatic N) is 3. The SMILES string of the molecule is Cn1c(-n2c3ccccc3c3ccc4cc5c(cc4c32)-c2ccccc2C5(C)C)nc2ccccc21. The average molecular weight is 464 g/mol. The molecule has 0 radical (unpaired) electrons. The summed E-state index contributed by atoms with van der Waals surface area (Å²) in [6.45, 7) is 4.69. The van der Waals surface area contributed by atoms with Gasteiger partial charge in [-0.2, -0.15) is 0 Å². The maximum Gasteiger partial charge on any atom is 0.215 e. The summed E-state index contributed by atoms with van der Waals surface area (Å²) in [4.78, 5) is 5.12. The van der Waals surface area contributed by atoms with Crippen LogP contribution in [-0.4, -0.2) is 14.1 Å². The largest absolute Gasteiger partial charge is 0.313 e. The van der Waals surface area contributed by atoms with Crippen LogP contribution in [0.25, 0.3) is 60.7 Å². The van der Waals surface area contributed by atoms with Gasteiger partial charge in [0.15, 0.2) is 0 Å². The molecule has 0 spiro atoms. The summed E-state index contributed by atoms with van der Waals surface area (Å²) in [5, 5.41) is 5.05. The predicted octanol–water partition coefficient (Wildman–Crippen LogP) is 8.13. The van der Waals surface area contributed by atoms with E-state index in [-0.39, 0.29) is 5.41 Å². The van der Waals surface area contributed by atoms with Gasteiger partial charge in [-0.3, -0.25) is 4.57 Å². The monoisotopic (exact) mass is 463 g/mol. The number of rotatable bonds is 1. The maximum atomic E-state index is 5.12. The van der Waals surface area contributed by atoms with Crippen LogP contribution >= 0.6 is 0 Å². The molecule has 0 unspecified atom stereocenters. The van der Waals surface area contributed by atoms with Crippen LogP contribution in [0.5, 0.6) is 0 Å². The third kappa shape index (κ3) is 2.35. The highest BCUT2D eigenvalue weighted by Gasteiger charge is 2.35. The standard InChI is InChI=1S/C33H25N3/c1-33(2)26-12-6-4-10-21(26)25-19-24-20(18-27(25)33)16-17-23-22-11-5-8-14-29(22)36(31(23)24)32-34-28-13-7-9-15-30(28)35(32)3/h4-19H,1-3H3. The van der Waals surface area contributed by atoms with Gasteiger partial charge in [0.05, 0.1) is 22.1 Å². The van der Waals surface area contributed by atoms with E-state index in [1.807, 2.05) is 0 Å². The maximum absolute atomic E-state index is 5.12. The highest BCUT2D eigenvalue weighted by Crippen LogP contribution is 2.50. The van der Waals surface area contributed by atoms with Crippen LogP contribution in [0.2, 0.25) is 0 Å². The van der Waals surface area contributed by atoms with Gasteiger partial charge in [-0.1, -0.05) is 80.6 Å². The van der Waals surface area contributed by atoms with Crippen LogP contribution in [0.15, 0.2) is 97.1 Å². The van der Waals surface area contributed by atoms with Crippen LogP contribution in [-0.2, 0) is 12.5 Å². The van der Waals surface area contributed by atoms with Crippen molar-refractivity contribution in [2.75, 3.05) is 0 Å². The van der Waals surface area contributed by atoms with Gasteiger partial charge in [0.1, 0.15) is 0 Å². The Morgan fingerprint density at radius 2 is 1.39 bits per heavy atom. The molecule has 8 rings (SSSR count). The van der Waals surface area contributed by atoms with Gasteiger partial charge in [0, 0.05) is 28.6 Å². The Morgan fingerprint density at radius 3 is 2.25 bits per heavy atom. The molecule has 7 aromatic rings. The first-order chi connectivity index (χ1) is 17.5. The third-order valence-electron chi connectivity index (χ3n) is 8.32. The van der Waals surface area contributed by atoms with Gasteiger partial charge in [-0.05, 0) is 58.0 Å². The fourth-order valence-corrected chi connectivity index (χ4v) is 6.52. The zero-order valence-electron chi connectivity index (χ0n) is 20.6. The summed E-state index contributed by atoms with van der Waals surface area (Å²) in [5.41, 5.74) is 10.0. The van der Waals surface area contributed by atoms with Crippen molar-refractivity contribution in [3.63, 3.8) is 0 Å². The second kappa shape index (κ2) is 6.64.